The molecule has 4 heteroatoms. The van der Waals surface area contributed by atoms with Crippen molar-refractivity contribution in [2.24, 2.45) is 0 Å². The van der Waals surface area contributed by atoms with Crippen molar-refractivity contribution in [3.8, 4) is 0 Å². The Kier molecular flexibility index (Phi) is 3.88. The summed E-state index contributed by atoms with van der Waals surface area (Å²) in [5.74, 6) is -0.218. The monoisotopic (exact) mass is 252 g/mol. The minimum atomic E-state index is -0.218. The van der Waals surface area contributed by atoms with Crippen LogP contribution < -0.4 is 10.2 Å². The highest BCUT2D eigenvalue weighted by Gasteiger charge is 2.36. The van der Waals surface area contributed by atoms with Crippen molar-refractivity contribution in [1.82, 2.24) is 5.32 Å². The zero-order valence-corrected chi connectivity index (χ0v) is 11.0. The second-order valence-electron chi connectivity index (χ2n) is 5.46. The summed E-state index contributed by atoms with van der Waals surface area (Å²) >= 11 is 0. The number of nitrogens with one attached hydrogen (secondary N) is 1. The summed E-state index contributed by atoms with van der Waals surface area (Å²) in [6, 6.07) is 6.89. The van der Waals surface area contributed by atoms with E-state index in [0.29, 0.717) is 6.42 Å². The smallest absolute Gasteiger partial charge is 0.125 e. The predicted octanol–water partition coefficient (Wildman–Crippen LogP) is 1.76. The number of anilines is 1. The molecular weight excluding hydrogens is 231 g/mol. The maximum absolute atomic E-state index is 13.4. The van der Waals surface area contributed by atoms with E-state index in [4.69, 9.17) is 0 Å². The summed E-state index contributed by atoms with van der Waals surface area (Å²) in [5, 5.41) is 12.6. The molecule has 2 N–H and O–H groups in total. The van der Waals surface area contributed by atoms with Gasteiger partial charge >= 0.3 is 0 Å². The Balaban J connectivity index is 2.34. The third-order valence-electron chi connectivity index (χ3n) is 3.50. The van der Waals surface area contributed by atoms with Gasteiger partial charge in [-0.1, -0.05) is 6.07 Å². The molecule has 0 aromatic heterocycles. The molecule has 1 unspecified atom stereocenters. The fourth-order valence-electron chi connectivity index (χ4n) is 2.78. The van der Waals surface area contributed by atoms with Crippen molar-refractivity contribution >= 4 is 5.69 Å². The predicted molar refractivity (Wildman–Crippen MR) is 71.3 cm³/mol. The van der Waals surface area contributed by atoms with Crippen LogP contribution in [0.5, 0.6) is 0 Å². The van der Waals surface area contributed by atoms with Crippen LogP contribution in [0.2, 0.25) is 0 Å². The van der Waals surface area contributed by atoms with E-state index in [1.54, 1.807) is 12.1 Å². The van der Waals surface area contributed by atoms with E-state index in [1.807, 2.05) is 6.07 Å². The molecule has 1 aromatic carbocycles. The van der Waals surface area contributed by atoms with Crippen LogP contribution in [-0.2, 0) is 0 Å². The first-order valence-electron chi connectivity index (χ1n) is 6.41. The van der Waals surface area contributed by atoms with E-state index in [9.17, 15) is 9.50 Å². The first kappa shape index (κ1) is 13.3. The van der Waals surface area contributed by atoms with Gasteiger partial charge in [0.05, 0.1) is 0 Å². The third kappa shape index (κ3) is 2.65. The lowest BCUT2D eigenvalue weighted by atomic mass is 9.93. The van der Waals surface area contributed by atoms with Gasteiger partial charge in [0.15, 0.2) is 0 Å². The molecule has 2 rings (SSSR count). The van der Waals surface area contributed by atoms with Crippen LogP contribution in [0.25, 0.3) is 0 Å². The van der Waals surface area contributed by atoms with Gasteiger partial charge in [0.25, 0.3) is 0 Å². The molecule has 0 amide bonds. The minimum absolute atomic E-state index is 0.0914. The van der Waals surface area contributed by atoms with E-state index in [-0.39, 0.29) is 24.0 Å². The Morgan fingerprint density at radius 1 is 1.50 bits per heavy atom. The molecule has 1 aliphatic heterocycles. The van der Waals surface area contributed by atoms with E-state index in [2.05, 4.69) is 24.1 Å². The van der Waals surface area contributed by atoms with E-state index >= 15 is 0 Å². The van der Waals surface area contributed by atoms with Crippen LogP contribution in [0, 0.1) is 5.82 Å². The first-order valence-corrected chi connectivity index (χ1v) is 6.41. The summed E-state index contributed by atoms with van der Waals surface area (Å²) in [6.45, 7) is 6.09. The van der Waals surface area contributed by atoms with Gasteiger partial charge in [0.2, 0.25) is 0 Å². The number of hydrogen-bond acceptors (Lipinski definition) is 3. The lowest BCUT2D eigenvalue weighted by Crippen LogP contribution is -2.63. The molecule has 1 aliphatic rings. The van der Waals surface area contributed by atoms with Crippen LogP contribution in [0.3, 0.4) is 0 Å². The minimum Gasteiger partial charge on any atom is -0.396 e. The summed E-state index contributed by atoms with van der Waals surface area (Å²) < 4.78 is 13.4. The number of benzene rings is 1. The van der Waals surface area contributed by atoms with Crippen molar-refractivity contribution in [3.05, 3.63) is 30.1 Å². The van der Waals surface area contributed by atoms with E-state index < -0.39 is 0 Å². The largest absolute Gasteiger partial charge is 0.396 e. The number of halogens is 1. The molecule has 1 aromatic rings. The maximum atomic E-state index is 13.4. The van der Waals surface area contributed by atoms with Gasteiger partial charge in [-0.3, -0.25) is 0 Å². The highest BCUT2D eigenvalue weighted by molar-refractivity contribution is 5.51. The van der Waals surface area contributed by atoms with Crippen molar-refractivity contribution in [3.63, 3.8) is 0 Å². The van der Waals surface area contributed by atoms with Gasteiger partial charge in [0, 0.05) is 37.0 Å². The van der Waals surface area contributed by atoms with Gasteiger partial charge in [-0.25, -0.2) is 4.39 Å². The van der Waals surface area contributed by atoms with Crippen molar-refractivity contribution in [2.45, 2.75) is 31.8 Å². The van der Waals surface area contributed by atoms with Gasteiger partial charge in [-0.05, 0) is 38.5 Å². The molecular formula is C14H21FN2O. The van der Waals surface area contributed by atoms with Gasteiger partial charge in [0.1, 0.15) is 5.82 Å². The Morgan fingerprint density at radius 2 is 2.28 bits per heavy atom. The van der Waals surface area contributed by atoms with Crippen molar-refractivity contribution < 1.29 is 9.50 Å². The molecule has 0 bridgehead atoms. The molecule has 0 radical (unpaired) electrons. The van der Waals surface area contributed by atoms with Crippen molar-refractivity contribution in [1.29, 1.82) is 0 Å². The highest BCUT2D eigenvalue weighted by atomic mass is 19.1. The summed E-state index contributed by atoms with van der Waals surface area (Å²) in [7, 11) is 0. The number of aliphatic hydroxyl groups excluding tert-OH is 1. The Labute approximate surface area is 108 Å². The van der Waals surface area contributed by atoms with E-state index in [1.165, 1.54) is 6.07 Å². The molecule has 1 atom stereocenters. The number of nitrogens with zero attached hydrogens (tertiary/aromatic N) is 1. The molecule has 1 saturated heterocycles. The van der Waals surface area contributed by atoms with Crippen LogP contribution in [-0.4, -0.2) is 36.4 Å². The van der Waals surface area contributed by atoms with Gasteiger partial charge < -0.3 is 15.3 Å². The lowest BCUT2D eigenvalue weighted by molar-refractivity contribution is 0.241. The zero-order valence-electron chi connectivity index (χ0n) is 11.0. The maximum Gasteiger partial charge on any atom is 0.125 e. The van der Waals surface area contributed by atoms with Crippen LogP contribution >= 0.6 is 0 Å². The fourth-order valence-corrected chi connectivity index (χ4v) is 2.78. The Hall–Kier alpha value is -1.13. The summed E-state index contributed by atoms with van der Waals surface area (Å²) in [5.41, 5.74) is 0.797. The molecule has 1 fully saturated rings. The lowest BCUT2D eigenvalue weighted by Gasteiger charge is -2.49. The number of rotatable bonds is 3. The third-order valence-corrected chi connectivity index (χ3v) is 3.50. The van der Waals surface area contributed by atoms with Gasteiger partial charge in [-0.2, -0.15) is 0 Å². The Bertz CT molecular complexity index is 407. The average Bonchev–Trinajstić information content (AvgIpc) is 2.28. The standard InChI is InChI=1S/C14H21FN2O/c1-14(2)10-16-9-13(6-7-18)17(14)12-5-3-4-11(15)8-12/h3-5,8,13,16,18H,6-7,9-10H2,1-2H3. The first-order chi connectivity index (χ1) is 8.54. The molecule has 0 spiro atoms. The molecule has 18 heavy (non-hydrogen) atoms. The zero-order chi connectivity index (χ0) is 13.2. The van der Waals surface area contributed by atoms with Crippen LogP contribution in [0.1, 0.15) is 20.3 Å². The number of piperazine rings is 1. The fraction of sp³-hybridized carbons (Fsp3) is 0.571. The summed E-state index contributed by atoms with van der Waals surface area (Å²) in [6.07, 6.45) is 0.687. The molecule has 0 aliphatic carbocycles. The quantitative estimate of drug-likeness (QED) is 0.860. The second-order valence-corrected chi connectivity index (χ2v) is 5.46. The summed E-state index contributed by atoms with van der Waals surface area (Å²) in [4.78, 5) is 2.22. The van der Waals surface area contributed by atoms with E-state index in [0.717, 1.165) is 18.8 Å². The molecule has 100 valence electrons. The van der Waals surface area contributed by atoms with Crippen LogP contribution in [0.4, 0.5) is 10.1 Å². The highest BCUT2D eigenvalue weighted by Crippen LogP contribution is 2.30. The van der Waals surface area contributed by atoms with Crippen molar-refractivity contribution in [2.75, 3.05) is 24.6 Å². The van der Waals surface area contributed by atoms with Crippen LogP contribution in [0.15, 0.2) is 24.3 Å². The Morgan fingerprint density at radius 3 is 2.94 bits per heavy atom. The van der Waals surface area contributed by atoms with Gasteiger partial charge in [-0.15, -0.1) is 0 Å². The normalized spacial score (nSPS) is 23.1. The second kappa shape index (κ2) is 5.24. The topological polar surface area (TPSA) is 35.5 Å². The number of aliphatic hydroxyl groups is 1. The molecule has 3 nitrogen and oxygen atoms in total. The SMILES string of the molecule is CC1(C)CNCC(CCO)N1c1cccc(F)c1. The molecule has 0 saturated carbocycles. The average molecular weight is 252 g/mol. The number of hydrogen-bond donors (Lipinski definition) is 2. The molecule has 1 heterocycles.